The molecule has 0 atom stereocenters. The van der Waals surface area contributed by atoms with Crippen LogP contribution < -0.4 is 9.46 Å². The van der Waals surface area contributed by atoms with Crippen molar-refractivity contribution in [3.63, 3.8) is 0 Å². The van der Waals surface area contributed by atoms with Crippen molar-refractivity contribution in [2.75, 3.05) is 11.8 Å². The van der Waals surface area contributed by atoms with Crippen LogP contribution in [0.5, 0.6) is 5.75 Å². The van der Waals surface area contributed by atoms with Gasteiger partial charge in [-0.15, -0.1) is 0 Å². The van der Waals surface area contributed by atoms with Gasteiger partial charge < -0.3 is 9.84 Å². The Morgan fingerprint density at radius 2 is 2.00 bits per heavy atom. The molecule has 2 N–H and O–H groups in total. The number of rotatable bonds is 6. The summed E-state index contributed by atoms with van der Waals surface area (Å²) in [7, 11) is -0.966. The monoisotopic (exact) mass is 393 g/mol. The van der Waals surface area contributed by atoms with Gasteiger partial charge >= 0.3 is 5.97 Å². The van der Waals surface area contributed by atoms with Crippen LogP contribution in [0.15, 0.2) is 29.3 Å². The fourth-order valence-corrected chi connectivity index (χ4v) is 4.74. The number of carboxylic acid groups (broad SMARTS) is 1. The molecule has 0 spiro atoms. The third-order valence-corrected chi connectivity index (χ3v) is 6.18. The first-order chi connectivity index (χ1) is 12.8. The van der Waals surface area contributed by atoms with Crippen LogP contribution in [-0.4, -0.2) is 36.4 Å². The zero-order valence-corrected chi connectivity index (χ0v) is 16.1. The van der Waals surface area contributed by atoms with Gasteiger partial charge in [-0.1, -0.05) is 19.3 Å². The van der Waals surface area contributed by atoms with Crippen molar-refractivity contribution in [3.8, 4) is 5.75 Å². The Labute approximate surface area is 158 Å². The predicted molar refractivity (Wildman–Crippen MR) is 99.8 cm³/mol. The Morgan fingerprint density at radius 3 is 2.63 bits per heavy atom. The molecule has 0 aliphatic heterocycles. The highest BCUT2D eigenvalue weighted by Gasteiger charge is 2.27. The molecule has 8 nitrogen and oxygen atoms in total. The minimum atomic E-state index is -4.05. The molecule has 0 amide bonds. The minimum Gasteiger partial charge on any atom is -0.495 e. The van der Waals surface area contributed by atoms with E-state index in [1.807, 2.05) is 0 Å². The minimum absolute atomic E-state index is 0.0793. The number of aromatic carboxylic acids is 1. The highest BCUT2D eigenvalue weighted by atomic mass is 32.2. The number of nitrogens with zero attached hydrogens (tertiary/aromatic N) is 2. The fraction of sp³-hybridized carbons (Fsp3) is 0.444. The molecule has 0 unspecified atom stereocenters. The number of carbonyl (C=O) groups is 1. The topological polar surface area (TPSA) is 111 Å². The van der Waals surface area contributed by atoms with Crippen LogP contribution in [-0.2, 0) is 17.1 Å². The van der Waals surface area contributed by atoms with Crippen molar-refractivity contribution < 1.29 is 23.1 Å². The van der Waals surface area contributed by atoms with Gasteiger partial charge in [-0.05, 0) is 31.0 Å². The smallest absolute Gasteiger partial charge is 0.335 e. The molecule has 0 saturated heterocycles. The van der Waals surface area contributed by atoms with E-state index in [-0.39, 0.29) is 22.1 Å². The van der Waals surface area contributed by atoms with Gasteiger partial charge in [0.05, 0.1) is 24.1 Å². The zero-order chi connectivity index (χ0) is 19.6. The van der Waals surface area contributed by atoms with Crippen molar-refractivity contribution in [2.24, 2.45) is 7.05 Å². The number of nitrogens with one attached hydrogen (secondary N) is 1. The van der Waals surface area contributed by atoms with Crippen molar-refractivity contribution in [3.05, 3.63) is 35.7 Å². The Morgan fingerprint density at radius 1 is 1.30 bits per heavy atom. The van der Waals surface area contributed by atoms with Crippen LogP contribution in [0.2, 0.25) is 0 Å². The molecule has 2 aromatic rings. The molecule has 1 aliphatic rings. The molecule has 27 heavy (non-hydrogen) atoms. The first-order valence-corrected chi connectivity index (χ1v) is 10.3. The Bertz CT molecular complexity index is 946. The molecule has 146 valence electrons. The second kappa shape index (κ2) is 7.59. The van der Waals surface area contributed by atoms with Crippen molar-refractivity contribution in [1.82, 2.24) is 9.78 Å². The quantitative estimate of drug-likeness (QED) is 0.781. The van der Waals surface area contributed by atoms with E-state index in [9.17, 15) is 18.3 Å². The van der Waals surface area contributed by atoms with Crippen LogP contribution in [0.25, 0.3) is 0 Å². The van der Waals surface area contributed by atoms with E-state index >= 15 is 0 Å². The van der Waals surface area contributed by atoms with Crippen LogP contribution in [0.1, 0.15) is 54.1 Å². The average Bonchev–Trinajstić information content (AvgIpc) is 3.01. The van der Waals surface area contributed by atoms with Crippen LogP contribution in [0.3, 0.4) is 0 Å². The lowest BCUT2D eigenvalue weighted by Crippen LogP contribution is -2.17. The number of aromatic nitrogens is 2. The zero-order valence-electron chi connectivity index (χ0n) is 15.3. The van der Waals surface area contributed by atoms with Gasteiger partial charge in [0.25, 0.3) is 10.0 Å². The lowest BCUT2D eigenvalue weighted by molar-refractivity contribution is 0.0696. The van der Waals surface area contributed by atoms with Crippen molar-refractivity contribution in [1.29, 1.82) is 0 Å². The number of hydrogen-bond acceptors (Lipinski definition) is 5. The maximum absolute atomic E-state index is 13.0. The van der Waals surface area contributed by atoms with Crippen LogP contribution >= 0.6 is 0 Å². The van der Waals surface area contributed by atoms with Crippen molar-refractivity contribution >= 4 is 21.7 Å². The molecule has 1 aromatic carbocycles. The predicted octanol–water partition coefficient (Wildman–Crippen LogP) is 2.98. The number of hydrogen-bond donors (Lipinski definition) is 2. The fourth-order valence-electron chi connectivity index (χ4n) is 3.48. The normalized spacial score (nSPS) is 15.5. The van der Waals surface area contributed by atoms with Gasteiger partial charge in [0.2, 0.25) is 0 Å². The summed E-state index contributed by atoms with van der Waals surface area (Å²) in [5, 5.41) is 13.6. The van der Waals surface area contributed by atoms with Crippen LogP contribution in [0, 0.1) is 0 Å². The third-order valence-electron chi connectivity index (χ3n) is 4.79. The average molecular weight is 393 g/mol. The Hall–Kier alpha value is -2.55. The van der Waals surface area contributed by atoms with E-state index in [0.29, 0.717) is 5.69 Å². The molecule has 9 heteroatoms. The molecule has 1 aliphatic carbocycles. The lowest BCUT2D eigenvalue weighted by Gasteiger charge is -2.21. The third kappa shape index (κ3) is 4.08. The molecule has 1 aromatic heterocycles. The molecular formula is C18H23N3O5S. The number of ether oxygens (including phenoxy) is 1. The van der Waals surface area contributed by atoms with Gasteiger partial charge in [0.1, 0.15) is 10.6 Å². The standard InChI is InChI=1S/C18H23N3O5S/c1-21-11-14(17(19-21)12-6-4-3-5-7-12)20-27(24,25)16-10-13(18(22)23)8-9-15(16)26-2/h8-12,20H,3-7H2,1-2H3,(H,22,23). The summed E-state index contributed by atoms with van der Waals surface area (Å²) in [6, 6.07) is 3.74. The summed E-state index contributed by atoms with van der Waals surface area (Å²) in [6.45, 7) is 0. The second-order valence-corrected chi connectivity index (χ2v) is 8.36. The van der Waals surface area contributed by atoms with Gasteiger partial charge in [0.15, 0.2) is 0 Å². The highest BCUT2D eigenvalue weighted by molar-refractivity contribution is 7.92. The lowest BCUT2D eigenvalue weighted by atomic mass is 9.86. The molecule has 3 rings (SSSR count). The number of methoxy groups -OCH3 is 1. The number of benzene rings is 1. The van der Waals surface area contributed by atoms with Gasteiger partial charge in [0, 0.05) is 19.2 Å². The Balaban J connectivity index is 1.98. The first-order valence-electron chi connectivity index (χ1n) is 8.79. The Kier molecular flexibility index (Phi) is 5.41. The largest absolute Gasteiger partial charge is 0.495 e. The summed E-state index contributed by atoms with van der Waals surface area (Å²) in [4.78, 5) is 11.0. The molecule has 1 heterocycles. The second-order valence-electron chi connectivity index (χ2n) is 6.71. The highest BCUT2D eigenvalue weighted by Crippen LogP contribution is 2.36. The molecule has 1 fully saturated rings. The van der Waals surface area contributed by atoms with Gasteiger partial charge in [-0.2, -0.15) is 5.10 Å². The van der Waals surface area contributed by atoms with Gasteiger partial charge in [-0.3, -0.25) is 9.40 Å². The number of sulfonamides is 1. The molecule has 0 bridgehead atoms. The van der Waals surface area contributed by atoms with Crippen LogP contribution in [0.4, 0.5) is 5.69 Å². The molecular weight excluding hydrogens is 370 g/mol. The summed E-state index contributed by atoms with van der Waals surface area (Å²) < 4.78 is 35.2. The summed E-state index contributed by atoms with van der Waals surface area (Å²) in [5.74, 6) is -0.918. The molecule has 1 saturated carbocycles. The van der Waals surface area contributed by atoms with Gasteiger partial charge in [-0.25, -0.2) is 13.2 Å². The van der Waals surface area contributed by atoms with E-state index in [0.717, 1.165) is 37.4 Å². The molecule has 0 radical (unpaired) electrons. The number of anilines is 1. The first kappa shape index (κ1) is 19.2. The van der Waals surface area contributed by atoms with E-state index in [1.165, 1.54) is 25.7 Å². The number of aryl methyl sites for hydroxylation is 1. The maximum Gasteiger partial charge on any atom is 0.335 e. The SMILES string of the molecule is COc1ccc(C(=O)O)cc1S(=O)(=O)Nc1cn(C)nc1C1CCCCC1. The van der Waals surface area contributed by atoms with E-state index in [2.05, 4.69) is 9.82 Å². The maximum atomic E-state index is 13.0. The number of carboxylic acids is 1. The van der Waals surface area contributed by atoms with E-state index < -0.39 is 16.0 Å². The van der Waals surface area contributed by atoms with E-state index in [1.54, 1.807) is 17.9 Å². The summed E-state index contributed by atoms with van der Waals surface area (Å²) in [6.07, 6.45) is 6.97. The van der Waals surface area contributed by atoms with E-state index in [4.69, 9.17) is 4.74 Å². The summed E-state index contributed by atoms with van der Waals surface area (Å²) in [5.41, 5.74) is 1.02. The summed E-state index contributed by atoms with van der Waals surface area (Å²) >= 11 is 0. The van der Waals surface area contributed by atoms with Crippen molar-refractivity contribution in [2.45, 2.75) is 42.9 Å².